The summed E-state index contributed by atoms with van der Waals surface area (Å²) >= 11 is 0. The van der Waals surface area contributed by atoms with Crippen molar-refractivity contribution in [2.24, 2.45) is 0 Å². The second kappa shape index (κ2) is 5.55. The Labute approximate surface area is 99.2 Å². The SMILES string of the molecule is CCOC(=O)C#CC1(O)CCN(C(=O)O)CC1. The Bertz CT molecular complexity index is 360. The maximum Gasteiger partial charge on any atom is 0.407 e. The molecule has 1 rings (SSSR count). The molecule has 0 bridgehead atoms. The van der Waals surface area contributed by atoms with Crippen molar-refractivity contribution in [1.82, 2.24) is 4.90 Å². The number of hydrogen-bond donors (Lipinski definition) is 2. The summed E-state index contributed by atoms with van der Waals surface area (Å²) in [6, 6.07) is 0. The molecule has 17 heavy (non-hydrogen) atoms. The Morgan fingerprint density at radius 3 is 2.47 bits per heavy atom. The van der Waals surface area contributed by atoms with E-state index in [4.69, 9.17) is 5.11 Å². The van der Waals surface area contributed by atoms with Crippen LogP contribution < -0.4 is 0 Å². The van der Waals surface area contributed by atoms with Gasteiger partial charge in [-0.3, -0.25) is 0 Å². The summed E-state index contributed by atoms with van der Waals surface area (Å²) in [4.78, 5) is 22.8. The van der Waals surface area contributed by atoms with Crippen molar-refractivity contribution in [3.8, 4) is 11.8 Å². The van der Waals surface area contributed by atoms with E-state index in [9.17, 15) is 14.7 Å². The lowest BCUT2D eigenvalue weighted by Crippen LogP contribution is -2.45. The Morgan fingerprint density at radius 1 is 1.41 bits per heavy atom. The molecule has 0 spiro atoms. The van der Waals surface area contributed by atoms with Crippen molar-refractivity contribution in [3.63, 3.8) is 0 Å². The molecule has 0 radical (unpaired) electrons. The summed E-state index contributed by atoms with van der Waals surface area (Å²) in [5, 5.41) is 18.7. The number of carbonyl (C=O) groups excluding carboxylic acids is 1. The van der Waals surface area contributed by atoms with Gasteiger partial charge in [-0.25, -0.2) is 9.59 Å². The van der Waals surface area contributed by atoms with Gasteiger partial charge >= 0.3 is 12.1 Å². The maximum absolute atomic E-state index is 11.0. The molecule has 0 aromatic rings. The molecule has 0 aromatic heterocycles. The number of nitrogens with zero attached hydrogens (tertiary/aromatic N) is 1. The van der Waals surface area contributed by atoms with Crippen molar-refractivity contribution < 1.29 is 24.5 Å². The van der Waals surface area contributed by atoms with Crippen LogP contribution in [-0.4, -0.2) is 52.5 Å². The number of rotatable bonds is 1. The van der Waals surface area contributed by atoms with Crippen molar-refractivity contribution >= 4 is 12.1 Å². The first kappa shape index (κ1) is 13.3. The summed E-state index contributed by atoms with van der Waals surface area (Å²) in [5.74, 6) is 3.99. The van der Waals surface area contributed by atoms with Crippen LogP contribution in [0, 0.1) is 11.8 Å². The fourth-order valence-corrected chi connectivity index (χ4v) is 1.53. The lowest BCUT2D eigenvalue weighted by Gasteiger charge is -2.33. The topological polar surface area (TPSA) is 87.1 Å². The van der Waals surface area contributed by atoms with Gasteiger partial charge in [0, 0.05) is 31.9 Å². The van der Waals surface area contributed by atoms with Crippen LogP contribution in [0.1, 0.15) is 19.8 Å². The first-order valence-corrected chi connectivity index (χ1v) is 5.37. The number of carboxylic acid groups (broad SMARTS) is 1. The number of carbonyl (C=O) groups is 2. The number of amides is 1. The van der Waals surface area contributed by atoms with E-state index in [0.717, 1.165) is 0 Å². The van der Waals surface area contributed by atoms with Gasteiger partial charge < -0.3 is 19.8 Å². The third kappa shape index (κ3) is 3.96. The highest BCUT2D eigenvalue weighted by molar-refractivity contribution is 5.88. The van der Waals surface area contributed by atoms with Crippen LogP contribution in [0.15, 0.2) is 0 Å². The first-order valence-electron chi connectivity index (χ1n) is 5.37. The van der Waals surface area contributed by atoms with Gasteiger partial charge in [0.25, 0.3) is 0 Å². The molecule has 6 heteroatoms. The molecule has 1 saturated heterocycles. The molecule has 0 unspecified atom stereocenters. The van der Waals surface area contributed by atoms with E-state index in [0.29, 0.717) is 0 Å². The number of esters is 1. The van der Waals surface area contributed by atoms with E-state index in [-0.39, 0.29) is 32.5 Å². The number of ether oxygens (including phenoxy) is 1. The highest BCUT2D eigenvalue weighted by atomic mass is 16.5. The van der Waals surface area contributed by atoms with Gasteiger partial charge in [0.05, 0.1) is 6.61 Å². The molecule has 2 N–H and O–H groups in total. The average molecular weight is 241 g/mol. The molecule has 6 nitrogen and oxygen atoms in total. The quantitative estimate of drug-likeness (QED) is 0.385. The van der Waals surface area contributed by atoms with Gasteiger partial charge in [0.15, 0.2) is 0 Å². The normalized spacial score (nSPS) is 17.9. The third-order valence-corrected chi connectivity index (χ3v) is 2.53. The molecular weight excluding hydrogens is 226 g/mol. The largest absolute Gasteiger partial charge is 0.465 e. The fraction of sp³-hybridized carbons (Fsp3) is 0.636. The zero-order valence-corrected chi connectivity index (χ0v) is 9.60. The number of likely N-dealkylation sites (tertiary alicyclic amines) is 1. The minimum atomic E-state index is -1.29. The Morgan fingerprint density at radius 2 is 2.00 bits per heavy atom. The molecule has 1 heterocycles. The Hall–Kier alpha value is -1.74. The summed E-state index contributed by atoms with van der Waals surface area (Å²) < 4.78 is 4.61. The van der Waals surface area contributed by atoms with Crippen molar-refractivity contribution in [2.45, 2.75) is 25.4 Å². The van der Waals surface area contributed by atoms with Crippen LogP contribution in [0.25, 0.3) is 0 Å². The zero-order valence-electron chi connectivity index (χ0n) is 9.60. The molecule has 0 aromatic carbocycles. The van der Waals surface area contributed by atoms with Gasteiger partial charge in [-0.15, -0.1) is 0 Å². The van der Waals surface area contributed by atoms with Gasteiger partial charge in [-0.1, -0.05) is 5.92 Å². The van der Waals surface area contributed by atoms with Crippen LogP contribution >= 0.6 is 0 Å². The predicted octanol–water partition coefficient (Wildman–Crippen LogP) is 0.0578. The molecule has 1 aliphatic heterocycles. The van der Waals surface area contributed by atoms with Crippen LogP contribution in [0.2, 0.25) is 0 Å². The first-order chi connectivity index (χ1) is 7.97. The number of hydrogen-bond acceptors (Lipinski definition) is 4. The summed E-state index contributed by atoms with van der Waals surface area (Å²) in [6.07, 6.45) is -0.609. The molecule has 0 aliphatic carbocycles. The van der Waals surface area contributed by atoms with E-state index in [1.165, 1.54) is 4.90 Å². The second-order valence-corrected chi connectivity index (χ2v) is 3.77. The van der Waals surface area contributed by atoms with Crippen molar-refractivity contribution in [1.29, 1.82) is 0 Å². The van der Waals surface area contributed by atoms with E-state index in [1.807, 2.05) is 0 Å². The predicted molar refractivity (Wildman–Crippen MR) is 58.2 cm³/mol. The molecule has 1 amide bonds. The zero-order chi connectivity index (χ0) is 12.9. The number of aliphatic hydroxyl groups is 1. The highest BCUT2D eigenvalue weighted by Crippen LogP contribution is 2.21. The highest BCUT2D eigenvalue weighted by Gasteiger charge is 2.32. The van der Waals surface area contributed by atoms with Crippen molar-refractivity contribution in [2.75, 3.05) is 19.7 Å². The molecule has 0 saturated carbocycles. The summed E-state index contributed by atoms with van der Waals surface area (Å²) in [7, 11) is 0. The fourth-order valence-electron chi connectivity index (χ4n) is 1.53. The second-order valence-electron chi connectivity index (χ2n) is 3.77. The third-order valence-electron chi connectivity index (χ3n) is 2.53. The van der Waals surface area contributed by atoms with Gasteiger partial charge in [-0.05, 0) is 6.92 Å². The maximum atomic E-state index is 11.0. The monoisotopic (exact) mass is 241 g/mol. The van der Waals surface area contributed by atoms with Crippen LogP contribution in [0.3, 0.4) is 0 Å². The average Bonchev–Trinajstić information content (AvgIpc) is 2.28. The van der Waals surface area contributed by atoms with Gasteiger partial charge in [0.2, 0.25) is 0 Å². The van der Waals surface area contributed by atoms with E-state index >= 15 is 0 Å². The van der Waals surface area contributed by atoms with Crippen LogP contribution in [0.4, 0.5) is 4.79 Å². The molecule has 94 valence electrons. The molecule has 0 atom stereocenters. The van der Waals surface area contributed by atoms with Crippen LogP contribution in [-0.2, 0) is 9.53 Å². The van der Waals surface area contributed by atoms with E-state index in [1.54, 1.807) is 6.92 Å². The number of piperidine rings is 1. The van der Waals surface area contributed by atoms with Gasteiger partial charge in [0.1, 0.15) is 5.60 Å². The lowest BCUT2D eigenvalue weighted by atomic mass is 9.92. The van der Waals surface area contributed by atoms with E-state index < -0.39 is 17.7 Å². The lowest BCUT2D eigenvalue weighted by molar-refractivity contribution is -0.136. The molecule has 1 fully saturated rings. The Balaban J connectivity index is 2.55. The Kier molecular flexibility index (Phi) is 4.35. The standard InChI is InChI=1S/C11H15NO5/c1-2-17-9(13)3-4-11(16)5-7-12(8-6-11)10(14)15/h16H,2,5-8H2,1H3,(H,14,15). The smallest absolute Gasteiger partial charge is 0.407 e. The summed E-state index contributed by atoms with van der Waals surface area (Å²) in [5.41, 5.74) is -1.29. The molecule has 1 aliphatic rings. The van der Waals surface area contributed by atoms with Crippen molar-refractivity contribution in [3.05, 3.63) is 0 Å². The molecular formula is C11H15NO5. The van der Waals surface area contributed by atoms with Crippen LogP contribution in [0.5, 0.6) is 0 Å². The minimum Gasteiger partial charge on any atom is -0.465 e. The van der Waals surface area contributed by atoms with E-state index in [2.05, 4.69) is 16.6 Å². The van der Waals surface area contributed by atoms with Gasteiger partial charge in [-0.2, -0.15) is 0 Å². The minimum absolute atomic E-state index is 0.200. The summed E-state index contributed by atoms with van der Waals surface area (Å²) in [6.45, 7) is 2.32.